The molecule has 0 unspecified atom stereocenters. The minimum Gasteiger partial charge on any atom is -0.407 e. The van der Waals surface area contributed by atoms with Crippen LogP contribution in [0.4, 0.5) is 18.9 Å². The largest absolute Gasteiger partial charge is 0.573 e. The van der Waals surface area contributed by atoms with E-state index in [2.05, 4.69) is 9.58 Å². The molecule has 74 valence electrons. The molecule has 2 nitrogen and oxygen atoms in total. The van der Waals surface area contributed by atoms with Gasteiger partial charge in [0.15, 0.2) is 5.69 Å². The number of rotatable bonds is 1. The Kier molecular flexibility index (Phi) is 2.65. The molecule has 5 heteroatoms. The number of benzene rings is 1. The summed E-state index contributed by atoms with van der Waals surface area (Å²) in [4.78, 5) is 3.06. The molecular weight excluding hydrogens is 195 g/mol. The molecule has 0 atom stereocenters. The number of alkyl halides is 3. The zero-order valence-corrected chi connectivity index (χ0v) is 7.22. The summed E-state index contributed by atoms with van der Waals surface area (Å²) in [5, 5.41) is 0. The highest BCUT2D eigenvalue weighted by Gasteiger charge is 2.31. The zero-order chi connectivity index (χ0) is 10.8. The minimum atomic E-state index is -4.71. The summed E-state index contributed by atoms with van der Waals surface area (Å²) in [6, 6.07) is 3.65. The van der Waals surface area contributed by atoms with Gasteiger partial charge in [-0.05, 0) is 24.6 Å². The molecule has 14 heavy (non-hydrogen) atoms. The highest BCUT2D eigenvalue weighted by molar-refractivity contribution is 5.55. The second-order valence-corrected chi connectivity index (χ2v) is 2.61. The van der Waals surface area contributed by atoms with Crippen molar-refractivity contribution in [1.82, 2.24) is 0 Å². The SMILES string of the molecule is [C-]#[N+]c1cc(OC(F)(F)F)ccc1C. The molecule has 0 bridgehead atoms. The molecule has 0 aromatic heterocycles. The lowest BCUT2D eigenvalue weighted by Gasteiger charge is -2.09. The van der Waals surface area contributed by atoms with Crippen LogP contribution >= 0.6 is 0 Å². The van der Waals surface area contributed by atoms with Crippen molar-refractivity contribution in [3.05, 3.63) is 35.2 Å². The van der Waals surface area contributed by atoms with E-state index in [0.717, 1.165) is 6.07 Å². The Morgan fingerprint density at radius 2 is 2.00 bits per heavy atom. The van der Waals surface area contributed by atoms with Gasteiger partial charge in [-0.1, -0.05) is 6.07 Å². The number of halogens is 3. The molecule has 1 aromatic rings. The third kappa shape index (κ3) is 2.66. The van der Waals surface area contributed by atoms with Gasteiger partial charge in [-0.3, -0.25) is 0 Å². The van der Waals surface area contributed by atoms with E-state index in [0.29, 0.717) is 5.56 Å². The van der Waals surface area contributed by atoms with Crippen LogP contribution in [0, 0.1) is 13.5 Å². The van der Waals surface area contributed by atoms with E-state index in [4.69, 9.17) is 6.57 Å². The quantitative estimate of drug-likeness (QED) is 0.634. The molecule has 0 spiro atoms. The average molecular weight is 201 g/mol. The van der Waals surface area contributed by atoms with Crippen molar-refractivity contribution < 1.29 is 17.9 Å². The molecule has 0 N–H and O–H groups in total. The van der Waals surface area contributed by atoms with Crippen molar-refractivity contribution in [3.63, 3.8) is 0 Å². The lowest BCUT2D eigenvalue weighted by Crippen LogP contribution is -2.16. The molecule has 0 amide bonds. The van der Waals surface area contributed by atoms with Crippen molar-refractivity contribution in [1.29, 1.82) is 0 Å². The Balaban J connectivity index is 2.97. The van der Waals surface area contributed by atoms with Crippen molar-refractivity contribution in [2.24, 2.45) is 0 Å². The van der Waals surface area contributed by atoms with Crippen LogP contribution in [0.5, 0.6) is 5.75 Å². The van der Waals surface area contributed by atoms with E-state index in [1.807, 2.05) is 0 Å². The zero-order valence-electron chi connectivity index (χ0n) is 7.22. The van der Waals surface area contributed by atoms with E-state index >= 15 is 0 Å². The highest BCUT2D eigenvalue weighted by Crippen LogP contribution is 2.28. The van der Waals surface area contributed by atoms with Crippen molar-refractivity contribution in [2.45, 2.75) is 13.3 Å². The van der Waals surface area contributed by atoms with Crippen molar-refractivity contribution in [2.75, 3.05) is 0 Å². The van der Waals surface area contributed by atoms with Crippen LogP contribution in [0.1, 0.15) is 5.56 Å². The fourth-order valence-corrected chi connectivity index (χ4v) is 0.907. The van der Waals surface area contributed by atoms with Gasteiger partial charge in [-0.25, -0.2) is 4.85 Å². The topological polar surface area (TPSA) is 13.6 Å². The third-order valence-corrected chi connectivity index (χ3v) is 1.53. The van der Waals surface area contributed by atoms with Crippen molar-refractivity contribution in [3.8, 4) is 5.75 Å². The summed E-state index contributed by atoms with van der Waals surface area (Å²) < 4.78 is 39.0. The fourth-order valence-electron chi connectivity index (χ4n) is 0.907. The van der Waals surface area contributed by atoms with Crippen molar-refractivity contribution >= 4 is 5.69 Å². The molecule has 0 fully saturated rings. The third-order valence-electron chi connectivity index (χ3n) is 1.53. The average Bonchev–Trinajstić information content (AvgIpc) is 2.06. The first-order valence-corrected chi connectivity index (χ1v) is 3.66. The van der Waals surface area contributed by atoms with Gasteiger partial charge in [-0.15, -0.1) is 13.2 Å². The number of ether oxygens (including phenoxy) is 1. The Morgan fingerprint density at radius 1 is 1.36 bits per heavy atom. The monoisotopic (exact) mass is 201 g/mol. The summed E-state index contributed by atoms with van der Waals surface area (Å²) in [6.45, 7) is 8.34. The predicted octanol–water partition coefficient (Wildman–Crippen LogP) is 3.44. The van der Waals surface area contributed by atoms with Gasteiger partial charge >= 0.3 is 6.36 Å². The van der Waals surface area contributed by atoms with E-state index in [1.54, 1.807) is 6.92 Å². The van der Waals surface area contributed by atoms with Crippen LogP contribution in [0.25, 0.3) is 4.85 Å². The van der Waals surface area contributed by atoms with Crippen LogP contribution in [0.15, 0.2) is 18.2 Å². The van der Waals surface area contributed by atoms with Gasteiger partial charge in [0, 0.05) is 0 Å². The van der Waals surface area contributed by atoms with Crippen LogP contribution in [0.2, 0.25) is 0 Å². The molecule has 0 saturated carbocycles. The van der Waals surface area contributed by atoms with Crippen LogP contribution in [-0.4, -0.2) is 6.36 Å². The van der Waals surface area contributed by atoms with E-state index in [1.165, 1.54) is 12.1 Å². The Bertz CT molecular complexity index is 379. The van der Waals surface area contributed by atoms with E-state index < -0.39 is 6.36 Å². The first kappa shape index (κ1) is 10.4. The van der Waals surface area contributed by atoms with Gasteiger partial charge in [0.25, 0.3) is 0 Å². The molecule has 1 aromatic carbocycles. The molecule has 0 saturated heterocycles. The second kappa shape index (κ2) is 3.58. The van der Waals surface area contributed by atoms with E-state index in [9.17, 15) is 13.2 Å². The fraction of sp³-hybridized carbons (Fsp3) is 0.222. The van der Waals surface area contributed by atoms with Gasteiger partial charge < -0.3 is 4.74 Å². The normalized spacial score (nSPS) is 10.8. The number of hydrogen-bond donors (Lipinski definition) is 0. The lowest BCUT2D eigenvalue weighted by atomic mass is 10.2. The van der Waals surface area contributed by atoms with Crippen LogP contribution in [-0.2, 0) is 0 Å². The summed E-state index contributed by atoms with van der Waals surface area (Å²) in [6.07, 6.45) is -4.71. The first-order chi connectivity index (χ1) is 6.42. The van der Waals surface area contributed by atoms with Gasteiger partial charge in [0.05, 0.1) is 6.57 Å². The van der Waals surface area contributed by atoms with Gasteiger partial charge in [0.2, 0.25) is 0 Å². The van der Waals surface area contributed by atoms with Gasteiger partial charge in [0.1, 0.15) is 5.75 Å². The first-order valence-electron chi connectivity index (χ1n) is 3.66. The molecule has 0 aliphatic heterocycles. The van der Waals surface area contributed by atoms with E-state index in [-0.39, 0.29) is 11.4 Å². The lowest BCUT2D eigenvalue weighted by molar-refractivity contribution is -0.274. The standard InChI is InChI=1S/C9H6F3NO/c1-6-3-4-7(5-8(6)13-2)14-9(10,11)12/h3-5H,1H3. The molecule has 0 aliphatic rings. The molecule has 1 rings (SSSR count). The van der Waals surface area contributed by atoms with Crippen LogP contribution in [0.3, 0.4) is 0 Å². The number of nitrogens with zero attached hydrogens (tertiary/aromatic N) is 1. The summed E-state index contributed by atoms with van der Waals surface area (Å²) in [5.41, 5.74) is 0.779. The smallest absolute Gasteiger partial charge is 0.407 e. The maximum Gasteiger partial charge on any atom is 0.573 e. The highest BCUT2D eigenvalue weighted by atomic mass is 19.4. The Labute approximate surface area is 78.7 Å². The number of hydrogen-bond acceptors (Lipinski definition) is 1. The maximum atomic E-state index is 11.8. The maximum absolute atomic E-state index is 11.8. The predicted molar refractivity (Wildman–Crippen MR) is 44.1 cm³/mol. The summed E-state index contributed by atoms with van der Waals surface area (Å²) in [5.74, 6) is -0.367. The number of aryl methyl sites for hydroxylation is 1. The Morgan fingerprint density at radius 3 is 2.50 bits per heavy atom. The molecule has 0 aliphatic carbocycles. The summed E-state index contributed by atoms with van der Waals surface area (Å²) in [7, 11) is 0. The molecule has 0 radical (unpaired) electrons. The Hall–Kier alpha value is -1.70. The van der Waals surface area contributed by atoms with Gasteiger partial charge in [-0.2, -0.15) is 0 Å². The second-order valence-electron chi connectivity index (χ2n) is 2.61. The molecule has 0 heterocycles. The molecular formula is C9H6F3NO. The summed E-state index contributed by atoms with van der Waals surface area (Å²) >= 11 is 0. The minimum absolute atomic E-state index is 0.159. The van der Waals surface area contributed by atoms with Crippen LogP contribution < -0.4 is 4.74 Å².